The summed E-state index contributed by atoms with van der Waals surface area (Å²) in [4.78, 5) is 0. The summed E-state index contributed by atoms with van der Waals surface area (Å²) < 4.78 is 0. The van der Waals surface area contributed by atoms with Crippen molar-refractivity contribution in [1.82, 2.24) is 0 Å². The van der Waals surface area contributed by atoms with Crippen molar-refractivity contribution in [2.75, 3.05) is 11.5 Å². The molecule has 1 aliphatic heterocycles. The van der Waals surface area contributed by atoms with Gasteiger partial charge < -0.3 is 0 Å². The van der Waals surface area contributed by atoms with Crippen LogP contribution in [0.15, 0.2) is 11.6 Å². The normalized spacial score (nSPS) is 19.7. The van der Waals surface area contributed by atoms with Gasteiger partial charge in [0.2, 0.25) is 0 Å². The van der Waals surface area contributed by atoms with Crippen LogP contribution < -0.4 is 0 Å². The van der Waals surface area contributed by atoms with Crippen molar-refractivity contribution in [3.63, 3.8) is 0 Å². The van der Waals surface area contributed by atoms with Gasteiger partial charge in [0.15, 0.2) is 0 Å². The Morgan fingerprint density at radius 2 is 1.90 bits per heavy atom. The third kappa shape index (κ3) is 2.78. The van der Waals surface area contributed by atoms with E-state index in [0.29, 0.717) is 0 Å². The summed E-state index contributed by atoms with van der Waals surface area (Å²) in [5, 5.41) is 0. The Balaban J connectivity index is 2.37. The second-order valence-corrected chi connectivity index (χ2v) is 4.41. The largest absolute Gasteiger partial charge is 0.161 e. The highest BCUT2D eigenvalue weighted by Crippen LogP contribution is 2.22. The molecule has 0 aliphatic carbocycles. The van der Waals surface area contributed by atoms with Gasteiger partial charge in [-0.1, -0.05) is 25.5 Å². The van der Waals surface area contributed by atoms with Crippen molar-refractivity contribution < 1.29 is 0 Å². The first-order chi connectivity index (χ1) is 4.79. The molecule has 1 fully saturated rings. The molecule has 0 spiro atoms. The van der Waals surface area contributed by atoms with Crippen LogP contribution in [0.5, 0.6) is 0 Å². The smallest absolute Gasteiger partial charge is 0.00301 e. The van der Waals surface area contributed by atoms with Gasteiger partial charge in [-0.05, 0) is 30.3 Å². The minimum absolute atomic E-state index is 0.748. The highest BCUT2D eigenvalue weighted by molar-refractivity contribution is 7.99. The van der Waals surface area contributed by atoms with Gasteiger partial charge in [0.1, 0.15) is 0 Å². The van der Waals surface area contributed by atoms with Crippen LogP contribution in [-0.2, 0) is 0 Å². The van der Waals surface area contributed by atoms with Crippen molar-refractivity contribution in [2.45, 2.75) is 26.7 Å². The van der Waals surface area contributed by atoms with Gasteiger partial charge in [-0.15, -0.1) is 0 Å². The zero-order valence-corrected chi connectivity index (χ0v) is 7.71. The number of rotatable bonds is 1. The monoisotopic (exact) mass is 156 g/mol. The molecule has 1 aliphatic rings. The number of thioether (sulfide) groups is 1. The van der Waals surface area contributed by atoms with Crippen LogP contribution >= 0.6 is 11.8 Å². The molecule has 0 aromatic rings. The van der Waals surface area contributed by atoms with Crippen LogP contribution in [0.1, 0.15) is 26.7 Å². The lowest BCUT2D eigenvalue weighted by molar-refractivity contribution is 0.799. The molecule has 0 N–H and O–H groups in total. The van der Waals surface area contributed by atoms with Gasteiger partial charge in [0.05, 0.1) is 0 Å². The third-order valence-electron chi connectivity index (χ3n) is 1.70. The fraction of sp³-hybridized carbons (Fsp3) is 0.778. The molecule has 58 valence electrons. The first-order valence-electron chi connectivity index (χ1n) is 4.06. The van der Waals surface area contributed by atoms with Crippen LogP contribution in [0.3, 0.4) is 0 Å². The summed E-state index contributed by atoms with van der Waals surface area (Å²) in [7, 11) is 0. The van der Waals surface area contributed by atoms with Crippen molar-refractivity contribution in [3.8, 4) is 0 Å². The molecule has 0 aromatic carbocycles. The molecule has 0 unspecified atom stereocenters. The second kappa shape index (κ2) is 4.07. The summed E-state index contributed by atoms with van der Waals surface area (Å²) >= 11 is 2.08. The van der Waals surface area contributed by atoms with E-state index in [4.69, 9.17) is 0 Å². The van der Waals surface area contributed by atoms with Gasteiger partial charge in [-0.25, -0.2) is 0 Å². The maximum absolute atomic E-state index is 2.43. The Morgan fingerprint density at radius 3 is 2.40 bits per heavy atom. The summed E-state index contributed by atoms with van der Waals surface area (Å²) in [5.41, 5.74) is 1.69. The minimum Gasteiger partial charge on any atom is -0.161 e. The molecule has 1 rings (SSSR count). The van der Waals surface area contributed by atoms with E-state index in [9.17, 15) is 0 Å². The molecule has 10 heavy (non-hydrogen) atoms. The zero-order valence-electron chi connectivity index (χ0n) is 6.89. The fourth-order valence-electron chi connectivity index (χ4n) is 1.27. The minimum atomic E-state index is 0.748. The lowest BCUT2D eigenvalue weighted by Crippen LogP contribution is -1.99. The van der Waals surface area contributed by atoms with Gasteiger partial charge >= 0.3 is 0 Å². The van der Waals surface area contributed by atoms with Crippen LogP contribution in [0.4, 0.5) is 0 Å². The number of hydrogen-bond acceptors (Lipinski definition) is 1. The fourth-order valence-corrected chi connectivity index (χ4v) is 2.29. The highest BCUT2D eigenvalue weighted by atomic mass is 32.2. The maximum atomic E-state index is 2.43. The zero-order chi connectivity index (χ0) is 7.40. The summed E-state index contributed by atoms with van der Waals surface area (Å²) in [6.45, 7) is 4.52. The van der Waals surface area contributed by atoms with Crippen molar-refractivity contribution >= 4 is 11.8 Å². The number of hydrogen-bond donors (Lipinski definition) is 0. The van der Waals surface area contributed by atoms with Crippen LogP contribution in [-0.4, -0.2) is 11.5 Å². The lowest BCUT2D eigenvalue weighted by atomic mass is 10.1. The molecule has 0 aromatic heterocycles. The van der Waals surface area contributed by atoms with Crippen molar-refractivity contribution in [3.05, 3.63) is 11.6 Å². The molecule has 0 atom stereocenters. The van der Waals surface area contributed by atoms with E-state index in [1.165, 1.54) is 24.3 Å². The van der Waals surface area contributed by atoms with Crippen molar-refractivity contribution in [2.24, 2.45) is 5.92 Å². The first kappa shape index (κ1) is 8.19. The molecule has 1 saturated heterocycles. The van der Waals surface area contributed by atoms with Gasteiger partial charge in [-0.2, -0.15) is 11.8 Å². The summed E-state index contributed by atoms with van der Waals surface area (Å²) in [6.07, 6.45) is 5.10. The number of allylic oxidation sites excluding steroid dienone is 2. The Bertz CT molecular complexity index is 117. The second-order valence-electron chi connectivity index (χ2n) is 3.18. The van der Waals surface area contributed by atoms with Crippen LogP contribution in [0.2, 0.25) is 0 Å². The Labute approximate surface area is 68.1 Å². The van der Waals surface area contributed by atoms with E-state index < -0.39 is 0 Å². The quantitative estimate of drug-likeness (QED) is 0.526. The van der Waals surface area contributed by atoms with E-state index in [-0.39, 0.29) is 0 Å². The molecule has 0 radical (unpaired) electrons. The summed E-state index contributed by atoms with van der Waals surface area (Å²) in [6, 6.07) is 0. The molecule has 0 amide bonds. The van der Waals surface area contributed by atoms with E-state index in [1.807, 2.05) is 0 Å². The first-order valence-corrected chi connectivity index (χ1v) is 5.22. The standard InChI is InChI=1S/C9H16S/c1-8(2)7-9-3-5-10-6-4-9/h7-8H,3-6H2,1-2H3. The molecule has 1 heterocycles. The predicted octanol–water partition coefficient (Wildman–Crippen LogP) is 3.10. The van der Waals surface area contributed by atoms with Gasteiger partial charge in [0.25, 0.3) is 0 Å². The van der Waals surface area contributed by atoms with E-state index >= 15 is 0 Å². The highest BCUT2D eigenvalue weighted by Gasteiger charge is 2.04. The van der Waals surface area contributed by atoms with Crippen LogP contribution in [0, 0.1) is 5.92 Å². The van der Waals surface area contributed by atoms with Crippen LogP contribution in [0.25, 0.3) is 0 Å². The molecular weight excluding hydrogens is 140 g/mol. The van der Waals surface area contributed by atoms with E-state index in [2.05, 4.69) is 31.7 Å². The maximum Gasteiger partial charge on any atom is -0.00301 e. The average molecular weight is 156 g/mol. The Morgan fingerprint density at radius 1 is 1.30 bits per heavy atom. The predicted molar refractivity (Wildman–Crippen MR) is 49.5 cm³/mol. The molecule has 0 bridgehead atoms. The van der Waals surface area contributed by atoms with E-state index in [1.54, 1.807) is 5.57 Å². The molecule has 0 nitrogen and oxygen atoms in total. The van der Waals surface area contributed by atoms with Gasteiger partial charge in [-0.3, -0.25) is 0 Å². The van der Waals surface area contributed by atoms with Crippen molar-refractivity contribution in [1.29, 1.82) is 0 Å². The molecule has 1 heteroatoms. The summed E-state index contributed by atoms with van der Waals surface area (Å²) in [5.74, 6) is 3.44. The third-order valence-corrected chi connectivity index (χ3v) is 2.69. The average Bonchev–Trinajstić information content (AvgIpc) is 1.88. The van der Waals surface area contributed by atoms with E-state index in [0.717, 1.165) is 5.92 Å². The Hall–Kier alpha value is 0.0900. The molecule has 0 saturated carbocycles. The topological polar surface area (TPSA) is 0 Å². The van der Waals surface area contributed by atoms with Gasteiger partial charge in [0, 0.05) is 0 Å². The lowest BCUT2D eigenvalue weighted by Gasteiger charge is -2.13. The molecular formula is C9H16S. The Kier molecular flexibility index (Phi) is 3.33. The SMILES string of the molecule is CC(C)C=C1CCSCC1.